The van der Waals surface area contributed by atoms with Gasteiger partial charge in [0.2, 0.25) is 0 Å². The van der Waals surface area contributed by atoms with Crippen LogP contribution in [0.5, 0.6) is 0 Å². The summed E-state index contributed by atoms with van der Waals surface area (Å²) in [6.45, 7) is 7.15. The van der Waals surface area contributed by atoms with Crippen LogP contribution in [0.1, 0.15) is 23.7 Å². The summed E-state index contributed by atoms with van der Waals surface area (Å²) in [7, 11) is 0. The molecule has 15 heavy (non-hydrogen) atoms. The van der Waals surface area contributed by atoms with Crippen LogP contribution >= 0.6 is 0 Å². The van der Waals surface area contributed by atoms with Crippen molar-refractivity contribution in [3.05, 3.63) is 42.2 Å². The van der Waals surface area contributed by atoms with E-state index in [1.807, 2.05) is 25.3 Å². The monoisotopic (exact) mass is 205 g/mol. The second kappa shape index (κ2) is 6.32. The number of aromatic nitrogens is 1. The van der Waals surface area contributed by atoms with Crippen molar-refractivity contribution in [3.8, 4) is 0 Å². The molecule has 0 radical (unpaired) electrons. The third-order valence-corrected chi connectivity index (χ3v) is 2.31. The number of hydrogen-bond acceptors (Lipinski definition) is 3. The van der Waals surface area contributed by atoms with Crippen LogP contribution in [-0.2, 0) is 0 Å². The molecule has 0 aliphatic rings. The summed E-state index contributed by atoms with van der Waals surface area (Å²) in [6.07, 6.45) is 4.73. The maximum Gasteiger partial charge on any atom is 0.0459 e. The highest BCUT2D eigenvalue weighted by Crippen LogP contribution is 2.10. The Labute approximate surface area is 91.4 Å². The molecule has 0 aliphatic carbocycles. The molecule has 0 fully saturated rings. The van der Waals surface area contributed by atoms with Crippen molar-refractivity contribution in [2.75, 3.05) is 13.1 Å². The molecule has 82 valence electrons. The van der Waals surface area contributed by atoms with Crippen LogP contribution in [0.4, 0.5) is 0 Å². The molecule has 3 N–H and O–H groups in total. The highest BCUT2D eigenvalue weighted by Gasteiger charge is 2.07. The van der Waals surface area contributed by atoms with Gasteiger partial charge in [0.15, 0.2) is 0 Å². The van der Waals surface area contributed by atoms with Crippen molar-refractivity contribution in [3.63, 3.8) is 0 Å². The van der Waals surface area contributed by atoms with E-state index >= 15 is 0 Å². The Hall–Kier alpha value is -1.19. The first-order valence-corrected chi connectivity index (χ1v) is 5.25. The zero-order chi connectivity index (χ0) is 11.1. The lowest BCUT2D eigenvalue weighted by molar-refractivity contribution is 0.547. The Bertz CT molecular complexity index is 292. The van der Waals surface area contributed by atoms with Gasteiger partial charge in [0.25, 0.3) is 0 Å². The topological polar surface area (TPSA) is 50.9 Å². The fourth-order valence-corrected chi connectivity index (χ4v) is 1.38. The van der Waals surface area contributed by atoms with Gasteiger partial charge in [-0.15, -0.1) is 6.58 Å². The first-order valence-electron chi connectivity index (χ1n) is 5.25. The van der Waals surface area contributed by atoms with Gasteiger partial charge in [0, 0.05) is 24.5 Å². The molecule has 1 rings (SSSR count). The Balaban J connectivity index is 2.57. The fraction of sp³-hybridized carbons (Fsp3) is 0.417. The van der Waals surface area contributed by atoms with Gasteiger partial charge >= 0.3 is 0 Å². The Kier molecular flexibility index (Phi) is 5.01. The molecule has 1 heterocycles. The summed E-state index contributed by atoms with van der Waals surface area (Å²) in [5.41, 5.74) is 7.88. The number of nitrogens with two attached hydrogens (primary N) is 1. The van der Waals surface area contributed by atoms with E-state index in [1.165, 1.54) is 0 Å². The SMILES string of the molecule is C=CCCNC(CN)c1ccc(C)nc1. The molecule has 1 aromatic rings. The van der Waals surface area contributed by atoms with Crippen LogP contribution < -0.4 is 11.1 Å². The van der Waals surface area contributed by atoms with E-state index in [9.17, 15) is 0 Å². The summed E-state index contributed by atoms with van der Waals surface area (Å²) in [4.78, 5) is 4.26. The Morgan fingerprint density at radius 3 is 2.93 bits per heavy atom. The highest BCUT2D eigenvalue weighted by atomic mass is 14.9. The molecule has 0 spiro atoms. The first-order chi connectivity index (χ1) is 7.27. The molecule has 1 unspecified atom stereocenters. The van der Waals surface area contributed by atoms with Crippen LogP contribution in [0.15, 0.2) is 31.0 Å². The molecule has 1 atom stereocenters. The molecule has 0 saturated carbocycles. The summed E-state index contributed by atoms with van der Waals surface area (Å²) in [6, 6.07) is 4.27. The minimum absolute atomic E-state index is 0.193. The lowest BCUT2D eigenvalue weighted by Gasteiger charge is -2.16. The standard InChI is InChI=1S/C12H19N3/c1-3-4-7-14-12(8-13)11-6-5-10(2)15-9-11/h3,5-6,9,12,14H,1,4,7-8,13H2,2H3. The fourth-order valence-electron chi connectivity index (χ4n) is 1.38. The third kappa shape index (κ3) is 3.81. The maximum atomic E-state index is 5.71. The normalized spacial score (nSPS) is 12.4. The number of pyridine rings is 1. The van der Waals surface area contributed by atoms with Gasteiger partial charge in [-0.2, -0.15) is 0 Å². The van der Waals surface area contributed by atoms with Crippen molar-refractivity contribution in [2.24, 2.45) is 5.73 Å². The summed E-state index contributed by atoms with van der Waals surface area (Å²) >= 11 is 0. The Morgan fingerprint density at radius 2 is 2.40 bits per heavy atom. The average molecular weight is 205 g/mol. The van der Waals surface area contributed by atoms with Gasteiger partial charge < -0.3 is 11.1 Å². The van der Waals surface area contributed by atoms with Crippen LogP contribution in [0, 0.1) is 6.92 Å². The molecule has 0 aromatic carbocycles. The quantitative estimate of drug-likeness (QED) is 0.547. The first kappa shape index (κ1) is 11.9. The van der Waals surface area contributed by atoms with E-state index in [1.54, 1.807) is 0 Å². The number of nitrogens with zero attached hydrogens (tertiary/aromatic N) is 1. The number of hydrogen-bond donors (Lipinski definition) is 2. The molecule has 1 aromatic heterocycles. The van der Waals surface area contributed by atoms with E-state index in [2.05, 4.69) is 22.9 Å². The highest BCUT2D eigenvalue weighted by molar-refractivity contribution is 5.17. The number of rotatable bonds is 6. The third-order valence-electron chi connectivity index (χ3n) is 2.31. The van der Waals surface area contributed by atoms with E-state index in [0.717, 1.165) is 24.2 Å². The molecule has 0 bridgehead atoms. The predicted octanol–water partition coefficient (Wildman–Crippen LogP) is 1.56. The zero-order valence-electron chi connectivity index (χ0n) is 9.24. The second-order valence-electron chi connectivity index (χ2n) is 3.55. The van der Waals surface area contributed by atoms with Crippen molar-refractivity contribution in [1.29, 1.82) is 0 Å². The number of aryl methyl sites for hydroxylation is 1. The van der Waals surface area contributed by atoms with E-state index in [4.69, 9.17) is 5.73 Å². The van der Waals surface area contributed by atoms with Gasteiger partial charge in [0.05, 0.1) is 0 Å². The van der Waals surface area contributed by atoms with E-state index < -0.39 is 0 Å². The van der Waals surface area contributed by atoms with Gasteiger partial charge in [0.1, 0.15) is 0 Å². The minimum Gasteiger partial charge on any atom is -0.329 e. The summed E-state index contributed by atoms with van der Waals surface area (Å²) < 4.78 is 0. The lowest BCUT2D eigenvalue weighted by Crippen LogP contribution is -2.28. The average Bonchev–Trinajstić information content (AvgIpc) is 2.26. The van der Waals surface area contributed by atoms with Crippen molar-refractivity contribution in [1.82, 2.24) is 10.3 Å². The van der Waals surface area contributed by atoms with Gasteiger partial charge in [-0.25, -0.2) is 0 Å². The largest absolute Gasteiger partial charge is 0.329 e. The minimum atomic E-state index is 0.193. The summed E-state index contributed by atoms with van der Waals surface area (Å²) in [5, 5.41) is 3.37. The van der Waals surface area contributed by atoms with Crippen LogP contribution in [0.25, 0.3) is 0 Å². The van der Waals surface area contributed by atoms with E-state index in [-0.39, 0.29) is 6.04 Å². The maximum absolute atomic E-state index is 5.71. The Morgan fingerprint density at radius 1 is 1.60 bits per heavy atom. The molecule has 3 heteroatoms. The molecule has 0 aliphatic heterocycles. The van der Waals surface area contributed by atoms with Gasteiger partial charge in [-0.1, -0.05) is 12.1 Å². The van der Waals surface area contributed by atoms with Gasteiger partial charge in [-0.05, 0) is 31.5 Å². The van der Waals surface area contributed by atoms with Crippen molar-refractivity contribution < 1.29 is 0 Å². The summed E-state index contributed by atoms with van der Waals surface area (Å²) in [5.74, 6) is 0. The van der Waals surface area contributed by atoms with Gasteiger partial charge in [-0.3, -0.25) is 4.98 Å². The number of nitrogens with one attached hydrogen (secondary N) is 1. The molecule has 0 amide bonds. The van der Waals surface area contributed by atoms with E-state index in [0.29, 0.717) is 6.54 Å². The van der Waals surface area contributed by atoms with Crippen molar-refractivity contribution in [2.45, 2.75) is 19.4 Å². The predicted molar refractivity (Wildman–Crippen MR) is 63.6 cm³/mol. The molecular formula is C12H19N3. The second-order valence-corrected chi connectivity index (χ2v) is 3.55. The van der Waals surface area contributed by atoms with Crippen LogP contribution in [0.3, 0.4) is 0 Å². The molecule has 3 nitrogen and oxygen atoms in total. The molecular weight excluding hydrogens is 186 g/mol. The lowest BCUT2D eigenvalue weighted by atomic mass is 10.1. The van der Waals surface area contributed by atoms with Crippen LogP contribution in [0.2, 0.25) is 0 Å². The smallest absolute Gasteiger partial charge is 0.0459 e. The molecule has 0 saturated heterocycles. The van der Waals surface area contributed by atoms with Crippen molar-refractivity contribution >= 4 is 0 Å². The van der Waals surface area contributed by atoms with Crippen LogP contribution in [-0.4, -0.2) is 18.1 Å². The zero-order valence-corrected chi connectivity index (χ0v) is 9.24.